The topological polar surface area (TPSA) is 114 Å². The van der Waals surface area contributed by atoms with Crippen molar-refractivity contribution in [2.45, 2.75) is 6.92 Å². The Labute approximate surface area is 228 Å². The Morgan fingerprint density at radius 3 is 2.21 bits per heavy atom. The molecule has 0 bridgehead atoms. The van der Waals surface area contributed by atoms with Crippen LogP contribution < -0.4 is 33.8 Å². The lowest BCUT2D eigenvalue weighted by Gasteiger charge is -2.15. The van der Waals surface area contributed by atoms with Gasteiger partial charge in [0.05, 0.1) is 44.2 Å². The van der Waals surface area contributed by atoms with Crippen LogP contribution in [0.3, 0.4) is 0 Å². The molecule has 38 heavy (non-hydrogen) atoms. The van der Waals surface area contributed by atoms with Crippen molar-refractivity contribution < 1.29 is 38.0 Å². The summed E-state index contributed by atoms with van der Waals surface area (Å²) in [6.07, 6.45) is 1.43. The van der Waals surface area contributed by atoms with E-state index in [9.17, 15) is 9.59 Å². The first-order chi connectivity index (χ1) is 18.4. The highest BCUT2D eigenvalue weighted by molar-refractivity contribution is 9.10. The zero-order valence-corrected chi connectivity index (χ0v) is 22.9. The second-order valence-electron chi connectivity index (χ2n) is 7.45. The van der Waals surface area contributed by atoms with Gasteiger partial charge in [-0.25, -0.2) is 10.2 Å². The van der Waals surface area contributed by atoms with Crippen molar-refractivity contribution in [2.24, 2.45) is 5.10 Å². The van der Waals surface area contributed by atoms with Crippen molar-refractivity contribution in [1.29, 1.82) is 0 Å². The van der Waals surface area contributed by atoms with Crippen LogP contribution in [0, 0.1) is 0 Å². The Hall–Kier alpha value is -4.25. The molecule has 0 saturated carbocycles. The van der Waals surface area contributed by atoms with Crippen LogP contribution in [0.5, 0.6) is 34.5 Å². The number of hydrogen-bond donors (Lipinski definition) is 1. The minimum Gasteiger partial charge on any atom is -0.493 e. The molecular weight excluding hydrogens is 560 g/mol. The van der Waals surface area contributed by atoms with Crippen LogP contribution in [0.4, 0.5) is 0 Å². The lowest BCUT2D eigenvalue weighted by atomic mass is 10.1. The van der Waals surface area contributed by atoms with E-state index in [2.05, 4.69) is 26.5 Å². The van der Waals surface area contributed by atoms with Gasteiger partial charge >= 0.3 is 5.97 Å². The number of carbonyl (C=O) groups is 2. The van der Waals surface area contributed by atoms with Gasteiger partial charge in [-0.2, -0.15) is 5.10 Å². The summed E-state index contributed by atoms with van der Waals surface area (Å²) in [6, 6.07) is 15.1. The van der Waals surface area contributed by atoms with Gasteiger partial charge in [-0.15, -0.1) is 0 Å². The quantitative estimate of drug-likeness (QED) is 0.141. The number of methoxy groups -OCH3 is 3. The maximum absolute atomic E-state index is 12.9. The Bertz CT molecular complexity index is 1290. The second kappa shape index (κ2) is 13.9. The van der Waals surface area contributed by atoms with Crippen molar-refractivity contribution in [3.05, 3.63) is 70.2 Å². The molecule has 0 radical (unpaired) electrons. The minimum atomic E-state index is -0.649. The van der Waals surface area contributed by atoms with Gasteiger partial charge in [-0.1, -0.05) is 12.1 Å². The third-order valence-corrected chi connectivity index (χ3v) is 5.62. The molecule has 0 unspecified atom stereocenters. The van der Waals surface area contributed by atoms with Crippen LogP contribution in [0.25, 0.3) is 0 Å². The van der Waals surface area contributed by atoms with Crippen molar-refractivity contribution in [2.75, 3.05) is 34.5 Å². The van der Waals surface area contributed by atoms with E-state index in [1.165, 1.54) is 39.7 Å². The number of benzene rings is 3. The van der Waals surface area contributed by atoms with Gasteiger partial charge in [0.2, 0.25) is 5.75 Å². The summed E-state index contributed by atoms with van der Waals surface area (Å²) in [5.74, 6) is 0.983. The van der Waals surface area contributed by atoms with Crippen LogP contribution in [0.1, 0.15) is 22.8 Å². The first-order valence-electron chi connectivity index (χ1n) is 11.4. The molecule has 1 N–H and O–H groups in total. The van der Waals surface area contributed by atoms with E-state index in [-0.39, 0.29) is 17.9 Å². The highest BCUT2D eigenvalue weighted by Gasteiger charge is 2.20. The van der Waals surface area contributed by atoms with Crippen LogP contribution in [0.2, 0.25) is 0 Å². The second-order valence-corrected chi connectivity index (χ2v) is 8.31. The molecular formula is C27H27BrN2O8. The molecule has 0 atom stereocenters. The largest absolute Gasteiger partial charge is 0.493 e. The maximum Gasteiger partial charge on any atom is 0.343 e. The number of hydrogen-bond acceptors (Lipinski definition) is 9. The predicted octanol–water partition coefficient (Wildman–Crippen LogP) is 4.62. The van der Waals surface area contributed by atoms with E-state index in [1.54, 1.807) is 37.3 Å². The normalized spacial score (nSPS) is 10.6. The molecule has 0 saturated heterocycles. The van der Waals surface area contributed by atoms with Crippen molar-refractivity contribution in [3.63, 3.8) is 0 Å². The molecule has 3 aromatic carbocycles. The smallest absolute Gasteiger partial charge is 0.343 e. The summed E-state index contributed by atoms with van der Waals surface area (Å²) in [4.78, 5) is 25.0. The van der Waals surface area contributed by atoms with Gasteiger partial charge < -0.3 is 28.4 Å². The van der Waals surface area contributed by atoms with Gasteiger partial charge in [0.25, 0.3) is 5.91 Å². The van der Waals surface area contributed by atoms with Crippen LogP contribution in [-0.4, -0.2) is 52.6 Å². The number of hydrazone groups is 1. The number of amides is 1. The summed E-state index contributed by atoms with van der Waals surface area (Å²) >= 11 is 3.36. The van der Waals surface area contributed by atoms with Gasteiger partial charge in [0.1, 0.15) is 5.75 Å². The predicted molar refractivity (Wildman–Crippen MR) is 144 cm³/mol. The summed E-state index contributed by atoms with van der Waals surface area (Å²) < 4.78 is 33.3. The average molecular weight is 587 g/mol. The molecule has 0 spiro atoms. The number of carbonyl (C=O) groups excluding carboxylic acids is 2. The van der Waals surface area contributed by atoms with E-state index in [0.717, 1.165) is 4.47 Å². The molecule has 3 rings (SSSR count). The van der Waals surface area contributed by atoms with Crippen molar-refractivity contribution >= 4 is 34.0 Å². The minimum absolute atomic E-state index is 0.194. The summed E-state index contributed by atoms with van der Waals surface area (Å²) in [5, 5.41) is 3.95. The fourth-order valence-corrected chi connectivity index (χ4v) is 3.63. The fourth-order valence-electron chi connectivity index (χ4n) is 3.23. The molecule has 10 nitrogen and oxygen atoms in total. The number of esters is 1. The van der Waals surface area contributed by atoms with Crippen LogP contribution >= 0.6 is 15.9 Å². The highest BCUT2D eigenvalue weighted by Crippen LogP contribution is 2.39. The number of nitrogens with zero attached hydrogens (tertiary/aromatic N) is 1. The molecule has 11 heteroatoms. The van der Waals surface area contributed by atoms with Crippen molar-refractivity contribution in [3.8, 4) is 34.5 Å². The number of nitrogens with one attached hydrogen (secondary N) is 1. The Kier molecular flexibility index (Phi) is 10.4. The third-order valence-electron chi connectivity index (χ3n) is 4.97. The number of para-hydroxylation sites is 1. The summed E-state index contributed by atoms with van der Waals surface area (Å²) in [5.41, 5.74) is 3.20. The van der Waals surface area contributed by atoms with Gasteiger partial charge in [0.15, 0.2) is 29.6 Å². The first-order valence-corrected chi connectivity index (χ1v) is 12.2. The molecule has 200 valence electrons. The zero-order chi connectivity index (χ0) is 27.5. The Balaban J connectivity index is 1.68. The Morgan fingerprint density at radius 1 is 0.868 bits per heavy atom. The van der Waals surface area contributed by atoms with Crippen molar-refractivity contribution in [1.82, 2.24) is 5.43 Å². The zero-order valence-electron chi connectivity index (χ0n) is 21.3. The fraction of sp³-hybridized carbons (Fsp3) is 0.222. The molecule has 0 fully saturated rings. The van der Waals surface area contributed by atoms with Gasteiger partial charge in [0, 0.05) is 0 Å². The SMILES string of the molecule is CCOc1cc(/C=N\NC(=O)COc2ccccc2Br)ccc1OC(=O)c1cc(OC)c(OC)c(OC)c1. The molecule has 3 aromatic rings. The molecule has 0 aromatic heterocycles. The van der Waals surface area contributed by atoms with E-state index >= 15 is 0 Å². The molecule has 0 aliphatic rings. The average Bonchev–Trinajstić information content (AvgIpc) is 2.93. The lowest BCUT2D eigenvalue weighted by Crippen LogP contribution is -2.24. The highest BCUT2D eigenvalue weighted by atomic mass is 79.9. The third kappa shape index (κ3) is 7.39. The first kappa shape index (κ1) is 28.3. The molecule has 0 aliphatic carbocycles. The molecule has 0 aliphatic heterocycles. The van der Waals surface area contributed by atoms with E-state index in [4.69, 9.17) is 28.4 Å². The van der Waals surface area contributed by atoms with Gasteiger partial charge in [-0.05, 0) is 70.9 Å². The number of halogens is 1. The maximum atomic E-state index is 12.9. The number of ether oxygens (including phenoxy) is 6. The van der Waals surface area contributed by atoms with Gasteiger partial charge in [-0.3, -0.25) is 4.79 Å². The lowest BCUT2D eigenvalue weighted by molar-refractivity contribution is -0.123. The standard InChI is InChI=1S/C27H27BrN2O8/c1-5-36-22-12-17(15-29-30-25(31)16-37-20-9-7-6-8-19(20)28)10-11-21(22)38-27(32)18-13-23(33-2)26(35-4)24(14-18)34-3/h6-15H,5,16H2,1-4H3,(H,30,31)/b29-15-. The van der Waals surface area contributed by atoms with E-state index in [0.29, 0.717) is 40.9 Å². The molecule has 1 amide bonds. The molecule has 0 heterocycles. The Morgan fingerprint density at radius 2 is 1.58 bits per heavy atom. The van der Waals surface area contributed by atoms with E-state index < -0.39 is 11.9 Å². The van der Waals surface area contributed by atoms with E-state index in [1.807, 2.05) is 12.1 Å². The summed E-state index contributed by atoms with van der Waals surface area (Å²) in [6.45, 7) is 1.93. The number of rotatable bonds is 12. The summed E-state index contributed by atoms with van der Waals surface area (Å²) in [7, 11) is 4.38. The monoisotopic (exact) mass is 586 g/mol. The van der Waals surface area contributed by atoms with Crippen LogP contribution in [0.15, 0.2) is 64.2 Å². The van der Waals surface area contributed by atoms with Crippen LogP contribution in [-0.2, 0) is 4.79 Å².